The number of aliphatic hydroxyl groups is 1. The topological polar surface area (TPSA) is 80.0 Å². The zero-order valence-electron chi connectivity index (χ0n) is 11.6. The molecule has 6 nitrogen and oxygen atoms in total. The lowest BCUT2D eigenvalue weighted by molar-refractivity contribution is 0.0905. The Morgan fingerprint density at radius 1 is 1.48 bits per heavy atom. The molecule has 0 saturated heterocycles. The van der Waals surface area contributed by atoms with Crippen LogP contribution in [0, 0.1) is 0 Å². The van der Waals surface area contributed by atoms with Gasteiger partial charge in [0, 0.05) is 10.9 Å². The molecule has 0 spiro atoms. The van der Waals surface area contributed by atoms with E-state index >= 15 is 0 Å². The van der Waals surface area contributed by atoms with E-state index in [9.17, 15) is 4.79 Å². The SMILES string of the molecule is O=C(N[C@H]1CCCC[C@H]1n1cc(CO)nn1)c1ccsc1. The fraction of sp³-hybridized carbons (Fsp3) is 0.500. The Kier molecular flexibility index (Phi) is 4.31. The largest absolute Gasteiger partial charge is 0.390 e. The summed E-state index contributed by atoms with van der Waals surface area (Å²) in [5.41, 5.74) is 1.27. The Morgan fingerprint density at radius 2 is 2.33 bits per heavy atom. The highest BCUT2D eigenvalue weighted by molar-refractivity contribution is 7.08. The second kappa shape index (κ2) is 6.36. The van der Waals surface area contributed by atoms with Crippen LogP contribution in [0.3, 0.4) is 0 Å². The van der Waals surface area contributed by atoms with Gasteiger partial charge in [-0.25, -0.2) is 4.68 Å². The summed E-state index contributed by atoms with van der Waals surface area (Å²) in [6.07, 6.45) is 5.88. The summed E-state index contributed by atoms with van der Waals surface area (Å²) >= 11 is 1.52. The predicted molar refractivity (Wildman–Crippen MR) is 79.0 cm³/mol. The maximum atomic E-state index is 12.2. The maximum Gasteiger partial charge on any atom is 0.252 e. The van der Waals surface area contributed by atoms with Crippen molar-refractivity contribution in [1.29, 1.82) is 0 Å². The van der Waals surface area contributed by atoms with E-state index in [1.54, 1.807) is 10.9 Å². The van der Waals surface area contributed by atoms with Crippen molar-refractivity contribution in [1.82, 2.24) is 20.3 Å². The van der Waals surface area contributed by atoms with E-state index in [2.05, 4.69) is 15.6 Å². The lowest BCUT2D eigenvalue weighted by Gasteiger charge is -2.31. The van der Waals surface area contributed by atoms with Gasteiger partial charge in [0.05, 0.1) is 24.9 Å². The number of amides is 1. The smallest absolute Gasteiger partial charge is 0.252 e. The van der Waals surface area contributed by atoms with E-state index in [4.69, 9.17) is 5.11 Å². The Labute approximate surface area is 126 Å². The molecule has 0 bridgehead atoms. The fourth-order valence-corrected chi connectivity index (χ4v) is 3.43. The molecular weight excluding hydrogens is 288 g/mol. The third-order valence-corrected chi connectivity index (χ3v) is 4.57. The monoisotopic (exact) mass is 306 g/mol. The van der Waals surface area contributed by atoms with Crippen molar-refractivity contribution in [3.05, 3.63) is 34.3 Å². The molecule has 2 N–H and O–H groups in total. The first-order chi connectivity index (χ1) is 10.3. The van der Waals surface area contributed by atoms with Crippen LogP contribution in [-0.4, -0.2) is 32.0 Å². The number of thiophene rings is 1. The van der Waals surface area contributed by atoms with Crippen LogP contribution in [0.5, 0.6) is 0 Å². The molecule has 0 aromatic carbocycles. The number of hydrogen-bond donors (Lipinski definition) is 2. The molecule has 3 rings (SSSR count). The molecule has 2 aromatic heterocycles. The fourth-order valence-electron chi connectivity index (χ4n) is 2.79. The highest BCUT2D eigenvalue weighted by Crippen LogP contribution is 2.28. The predicted octanol–water partition coefficient (Wildman–Crippen LogP) is 1.75. The molecule has 2 aromatic rings. The third-order valence-electron chi connectivity index (χ3n) is 3.89. The second-order valence-corrected chi connectivity index (χ2v) is 6.07. The molecule has 0 unspecified atom stereocenters. The lowest BCUT2D eigenvalue weighted by atomic mass is 9.90. The van der Waals surface area contributed by atoms with E-state index < -0.39 is 0 Å². The highest BCUT2D eigenvalue weighted by atomic mass is 32.1. The van der Waals surface area contributed by atoms with Crippen LogP contribution < -0.4 is 5.32 Å². The molecule has 2 atom stereocenters. The number of aliphatic hydroxyl groups excluding tert-OH is 1. The van der Waals surface area contributed by atoms with Crippen LogP contribution in [0.4, 0.5) is 0 Å². The van der Waals surface area contributed by atoms with Gasteiger partial charge >= 0.3 is 0 Å². The summed E-state index contributed by atoms with van der Waals surface area (Å²) in [6.45, 7) is -0.112. The Bertz CT molecular complexity index is 596. The minimum Gasteiger partial charge on any atom is -0.390 e. The van der Waals surface area contributed by atoms with Crippen molar-refractivity contribution in [2.24, 2.45) is 0 Å². The summed E-state index contributed by atoms with van der Waals surface area (Å²) in [4.78, 5) is 12.2. The summed E-state index contributed by atoms with van der Waals surface area (Å²) < 4.78 is 1.78. The van der Waals surface area contributed by atoms with E-state index in [0.717, 1.165) is 25.7 Å². The highest BCUT2D eigenvalue weighted by Gasteiger charge is 2.29. The van der Waals surface area contributed by atoms with Gasteiger partial charge in [-0.1, -0.05) is 18.1 Å². The normalized spacial score (nSPS) is 22.1. The molecule has 1 fully saturated rings. The van der Waals surface area contributed by atoms with Gasteiger partial charge in [-0.15, -0.1) is 5.10 Å². The van der Waals surface area contributed by atoms with Gasteiger partial charge in [0.15, 0.2) is 0 Å². The molecular formula is C14H18N4O2S. The van der Waals surface area contributed by atoms with Gasteiger partial charge in [0.1, 0.15) is 5.69 Å². The number of rotatable bonds is 4. The zero-order valence-corrected chi connectivity index (χ0v) is 12.4. The van der Waals surface area contributed by atoms with Crippen molar-refractivity contribution in [3.8, 4) is 0 Å². The minimum absolute atomic E-state index is 0.0318. The Morgan fingerprint density at radius 3 is 3.05 bits per heavy atom. The minimum atomic E-state index is -0.112. The van der Waals surface area contributed by atoms with Gasteiger partial charge < -0.3 is 10.4 Å². The zero-order chi connectivity index (χ0) is 14.7. The molecule has 1 amide bonds. The first-order valence-electron chi connectivity index (χ1n) is 7.12. The van der Waals surface area contributed by atoms with Gasteiger partial charge in [-0.05, 0) is 24.3 Å². The summed E-state index contributed by atoms with van der Waals surface area (Å²) in [5, 5.41) is 24.0. The summed E-state index contributed by atoms with van der Waals surface area (Å²) in [7, 11) is 0. The summed E-state index contributed by atoms with van der Waals surface area (Å²) in [5.74, 6) is -0.0318. The third kappa shape index (κ3) is 3.14. The average molecular weight is 306 g/mol. The van der Waals surface area contributed by atoms with E-state index in [-0.39, 0.29) is 24.6 Å². The lowest BCUT2D eigenvalue weighted by Crippen LogP contribution is -2.43. The number of carbonyl (C=O) groups excluding carboxylic acids is 1. The van der Waals surface area contributed by atoms with Crippen molar-refractivity contribution in [2.45, 2.75) is 44.4 Å². The summed E-state index contributed by atoms with van der Waals surface area (Å²) in [6, 6.07) is 1.99. The van der Waals surface area contributed by atoms with Crippen molar-refractivity contribution >= 4 is 17.2 Å². The molecule has 0 radical (unpaired) electrons. The van der Waals surface area contributed by atoms with Gasteiger partial charge in [0.2, 0.25) is 0 Å². The average Bonchev–Trinajstić information content (AvgIpc) is 3.19. The molecule has 1 saturated carbocycles. The Balaban J connectivity index is 1.73. The van der Waals surface area contributed by atoms with Crippen molar-refractivity contribution in [2.75, 3.05) is 0 Å². The van der Waals surface area contributed by atoms with E-state index in [1.165, 1.54) is 11.3 Å². The Hall–Kier alpha value is -1.73. The number of aromatic nitrogens is 3. The number of nitrogens with one attached hydrogen (secondary N) is 1. The number of carbonyl (C=O) groups is 1. The molecule has 112 valence electrons. The van der Waals surface area contributed by atoms with Gasteiger partial charge in [-0.2, -0.15) is 11.3 Å². The molecule has 0 aliphatic heterocycles. The van der Waals surface area contributed by atoms with E-state index in [1.807, 2.05) is 16.8 Å². The van der Waals surface area contributed by atoms with Crippen LogP contribution in [0.25, 0.3) is 0 Å². The second-order valence-electron chi connectivity index (χ2n) is 5.29. The number of nitrogens with zero attached hydrogens (tertiary/aromatic N) is 3. The first-order valence-corrected chi connectivity index (χ1v) is 8.07. The van der Waals surface area contributed by atoms with Gasteiger partial charge in [-0.3, -0.25) is 4.79 Å². The van der Waals surface area contributed by atoms with Crippen molar-refractivity contribution < 1.29 is 9.90 Å². The van der Waals surface area contributed by atoms with Crippen LogP contribution in [0.15, 0.2) is 23.0 Å². The molecule has 7 heteroatoms. The van der Waals surface area contributed by atoms with Crippen LogP contribution in [-0.2, 0) is 6.61 Å². The first kappa shape index (κ1) is 14.2. The molecule has 21 heavy (non-hydrogen) atoms. The molecule has 2 heterocycles. The van der Waals surface area contributed by atoms with Crippen LogP contribution in [0.1, 0.15) is 47.8 Å². The quantitative estimate of drug-likeness (QED) is 0.902. The van der Waals surface area contributed by atoms with Gasteiger partial charge in [0.25, 0.3) is 5.91 Å². The van der Waals surface area contributed by atoms with Crippen LogP contribution in [0.2, 0.25) is 0 Å². The molecule has 1 aliphatic rings. The van der Waals surface area contributed by atoms with Crippen LogP contribution >= 0.6 is 11.3 Å². The van der Waals surface area contributed by atoms with E-state index in [0.29, 0.717) is 11.3 Å². The standard InChI is InChI=1S/C14H18N4O2S/c19-8-11-7-18(17-16-11)13-4-2-1-3-12(13)15-14(20)10-5-6-21-9-10/h5-7,9,12-13,19H,1-4,8H2,(H,15,20)/t12-,13+/m0/s1. The maximum absolute atomic E-state index is 12.2. The van der Waals surface area contributed by atoms with Crippen molar-refractivity contribution in [3.63, 3.8) is 0 Å². The molecule has 1 aliphatic carbocycles. The number of hydrogen-bond acceptors (Lipinski definition) is 5.